The smallest absolute Gasteiger partial charge is 0.0831 e. The van der Waals surface area contributed by atoms with E-state index in [1.807, 2.05) is 6.92 Å². The lowest BCUT2D eigenvalue weighted by atomic mass is 9.91. The van der Waals surface area contributed by atoms with E-state index in [2.05, 4.69) is 20.8 Å². The van der Waals surface area contributed by atoms with Crippen molar-refractivity contribution in [2.75, 3.05) is 6.61 Å². The summed E-state index contributed by atoms with van der Waals surface area (Å²) in [6.45, 7) is 9.20. The summed E-state index contributed by atoms with van der Waals surface area (Å²) < 4.78 is 5.55. The molecule has 0 heterocycles. The monoisotopic (exact) mass is 230 g/mol. The Morgan fingerprint density at radius 1 is 1.06 bits per heavy atom. The van der Waals surface area contributed by atoms with Crippen LogP contribution in [0.3, 0.4) is 0 Å². The van der Waals surface area contributed by atoms with Gasteiger partial charge in [0.05, 0.1) is 12.2 Å². The summed E-state index contributed by atoms with van der Waals surface area (Å²) in [5.74, 6) is 0.657. The molecule has 16 heavy (non-hydrogen) atoms. The summed E-state index contributed by atoms with van der Waals surface area (Å²) in [6, 6.07) is 0. The molecule has 0 radical (unpaired) electrons. The normalized spacial score (nSPS) is 17.1. The van der Waals surface area contributed by atoms with Crippen LogP contribution in [0.4, 0.5) is 0 Å². The third kappa shape index (κ3) is 6.49. The molecular formula is C14H30O2. The molecule has 0 aliphatic carbocycles. The molecule has 98 valence electrons. The van der Waals surface area contributed by atoms with Gasteiger partial charge in [0.1, 0.15) is 0 Å². The van der Waals surface area contributed by atoms with Gasteiger partial charge in [-0.05, 0) is 25.7 Å². The largest absolute Gasteiger partial charge is 0.390 e. The first-order valence-corrected chi connectivity index (χ1v) is 6.99. The predicted octanol–water partition coefficient (Wildman–Crippen LogP) is 3.77. The molecule has 2 nitrogen and oxygen atoms in total. The van der Waals surface area contributed by atoms with Crippen LogP contribution in [0.1, 0.15) is 66.2 Å². The molecule has 3 unspecified atom stereocenters. The van der Waals surface area contributed by atoms with E-state index in [9.17, 15) is 5.11 Å². The van der Waals surface area contributed by atoms with Gasteiger partial charge in [0.25, 0.3) is 0 Å². The molecule has 3 atom stereocenters. The maximum Gasteiger partial charge on any atom is 0.0831 e. The zero-order valence-corrected chi connectivity index (χ0v) is 11.5. The molecule has 0 spiro atoms. The highest BCUT2D eigenvalue weighted by molar-refractivity contribution is 4.72. The molecule has 0 fully saturated rings. The van der Waals surface area contributed by atoms with Crippen molar-refractivity contribution in [1.29, 1.82) is 0 Å². The van der Waals surface area contributed by atoms with Crippen molar-refractivity contribution in [3.63, 3.8) is 0 Å². The van der Waals surface area contributed by atoms with Crippen molar-refractivity contribution in [3.05, 3.63) is 0 Å². The van der Waals surface area contributed by atoms with Crippen LogP contribution >= 0.6 is 0 Å². The van der Waals surface area contributed by atoms with Crippen LogP contribution in [-0.2, 0) is 4.74 Å². The fourth-order valence-corrected chi connectivity index (χ4v) is 2.19. The molecule has 1 N–H and O–H groups in total. The Hall–Kier alpha value is -0.0800. The molecule has 0 aromatic carbocycles. The first-order valence-electron chi connectivity index (χ1n) is 6.99. The highest BCUT2D eigenvalue weighted by Crippen LogP contribution is 2.21. The molecule has 0 aliphatic rings. The number of hydrogen-bond acceptors (Lipinski definition) is 2. The average molecular weight is 230 g/mol. The van der Waals surface area contributed by atoms with Gasteiger partial charge in [-0.1, -0.05) is 46.5 Å². The van der Waals surface area contributed by atoms with E-state index in [4.69, 9.17) is 4.74 Å². The third-order valence-electron chi connectivity index (χ3n) is 3.33. The van der Waals surface area contributed by atoms with Gasteiger partial charge in [-0.15, -0.1) is 0 Å². The van der Waals surface area contributed by atoms with E-state index in [1.54, 1.807) is 0 Å². The minimum atomic E-state index is -0.285. The Bertz CT molecular complexity index is 148. The zero-order valence-electron chi connectivity index (χ0n) is 11.5. The van der Waals surface area contributed by atoms with Gasteiger partial charge >= 0.3 is 0 Å². The lowest BCUT2D eigenvalue weighted by molar-refractivity contribution is -0.0440. The molecular weight excluding hydrogens is 200 g/mol. The first-order chi connectivity index (χ1) is 7.69. The highest BCUT2D eigenvalue weighted by Gasteiger charge is 2.20. The Balaban J connectivity index is 3.99. The van der Waals surface area contributed by atoms with Crippen LogP contribution in [-0.4, -0.2) is 23.9 Å². The topological polar surface area (TPSA) is 29.5 Å². The number of hydrogen-bond donors (Lipinski definition) is 1. The summed E-state index contributed by atoms with van der Waals surface area (Å²) in [5, 5.41) is 10.1. The van der Waals surface area contributed by atoms with Crippen molar-refractivity contribution in [3.8, 4) is 0 Å². The van der Waals surface area contributed by atoms with Crippen molar-refractivity contribution >= 4 is 0 Å². The molecule has 0 rings (SSSR count). The first kappa shape index (κ1) is 15.9. The molecule has 0 bridgehead atoms. The van der Waals surface area contributed by atoms with Gasteiger partial charge in [0, 0.05) is 6.61 Å². The average Bonchev–Trinajstić information content (AvgIpc) is 2.30. The number of ether oxygens (including phenoxy) is 1. The quantitative estimate of drug-likeness (QED) is 0.619. The van der Waals surface area contributed by atoms with E-state index in [-0.39, 0.29) is 12.2 Å². The van der Waals surface area contributed by atoms with Crippen molar-refractivity contribution in [1.82, 2.24) is 0 Å². The number of rotatable bonds is 10. The van der Waals surface area contributed by atoms with Crippen molar-refractivity contribution < 1.29 is 9.84 Å². The lowest BCUT2D eigenvalue weighted by Crippen LogP contribution is -2.30. The Morgan fingerprint density at radius 3 is 2.19 bits per heavy atom. The fourth-order valence-electron chi connectivity index (χ4n) is 2.19. The van der Waals surface area contributed by atoms with Gasteiger partial charge in [-0.25, -0.2) is 0 Å². The van der Waals surface area contributed by atoms with Crippen LogP contribution in [0.5, 0.6) is 0 Å². The minimum Gasteiger partial charge on any atom is -0.390 e. The van der Waals surface area contributed by atoms with E-state index < -0.39 is 0 Å². The van der Waals surface area contributed by atoms with Crippen LogP contribution in [0.2, 0.25) is 0 Å². The zero-order chi connectivity index (χ0) is 12.4. The molecule has 0 aromatic rings. The SMILES string of the molecule is CCCCC(CC)CC(O)C(CC)OCC. The highest BCUT2D eigenvalue weighted by atomic mass is 16.5. The second kappa shape index (κ2) is 10.1. The van der Waals surface area contributed by atoms with E-state index in [0.29, 0.717) is 12.5 Å². The Kier molecular flexibility index (Phi) is 10.0. The number of aliphatic hydroxyl groups is 1. The molecule has 0 saturated carbocycles. The second-order valence-electron chi connectivity index (χ2n) is 4.62. The summed E-state index contributed by atoms with van der Waals surface area (Å²) in [6.07, 6.45) is 6.47. The molecule has 2 heteroatoms. The Morgan fingerprint density at radius 2 is 1.75 bits per heavy atom. The van der Waals surface area contributed by atoms with E-state index in [0.717, 1.165) is 12.8 Å². The van der Waals surface area contributed by atoms with E-state index in [1.165, 1.54) is 25.7 Å². The van der Waals surface area contributed by atoms with Crippen LogP contribution in [0, 0.1) is 5.92 Å². The lowest BCUT2D eigenvalue weighted by Gasteiger charge is -2.25. The van der Waals surface area contributed by atoms with Gasteiger partial charge in [0.2, 0.25) is 0 Å². The van der Waals surface area contributed by atoms with Crippen LogP contribution < -0.4 is 0 Å². The molecule has 0 saturated heterocycles. The van der Waals surface area contributed by atoms with Crippen LogP contribution in [0.15, 0.2) is 0 Å². The summed E-state index contributed by atoms with van der Waals surface area (Å²) in [4.78, 5) is 0. The van der Waals surface area contributed by atoms with Crippen molar-refractivity contribution in [2.24, 2.45) is 5.92 Å². The second-order valence-corrected chi connectivity index (χ2v) is 4.62. The van der Waals surface area contributed by atoms with Crippen LogP contribution in [0.25, 0.3) is 0 Å². The molecule has 0 aromatic heterocycles. The molecule has 0 aliphatic heterocycles. The number of aliphatic hydroxyl groups excluding tert-OH is 1. The van der Waals surface area contributed by atoms with Crippen molar-refractivity contribution in [2.45, 2.75) is 78.4 Å². The Labute approximate surface area is 101 Å². The minimum absolute atomic E-state index is 0.0284. The van der Waals surface area contributed by atoms with Gasteiger partial charge in [-0.2, -0.15) is 0 Å². The fraction of sp³-hybridized carbons (Fsp3) is 1.00. The predicted molar refractivity (Wildman–Crippen MR) is 69.6 cm³/mol. The summed E-state index contributed by atoms with van der Waals surface area (Å²) in [7, 11) is 0. The van der Waals surface area contributed by atoms with Gasteiger partial charge in [0.15, 0.2) is 0 Å². The third-order valence-corrected chi connectivity index (χ3v) is 3.33. The van der Waals surface area contributed by atoms with E-state index >= 15 is 0 Å². The number of unbranched alkanes of at least 4 members (excludes halogenated alkanes) is 1. The van der Waals surface area contributed by atoms with Gasteiger partial charge in [-0.3, -0.25) is 0 Å². The molecule has 0 amide bonds. The van der Waals surface area contributed by atoms with Gasteiger partial charge < -0.3 is 9.84 Å². The maximum absolute atomic E-state index is 10.1. The summed E-state index contributed by atoms with van der Waals surface area (Å²) in [5.41, 5.74) is 0. The summed E-state index contributed by atoms with van der Waals surface area (Å²) >= 11 is 0. The maximum atomic E-state index is 10.1. The standard InChI is InChI=1S/C14H30O2/c1-5-9-10-12(6-2)11-13(15)14(7-3)16-8-4/h12-15H,5-11H2,1-4H3.